The van der Waals surface area contributed by atoms with Gasteiger partial charge in [0.2, 0.25) is 0 Å². The molecular weight excluding hydrogens is 268 g/mol. The molecule has 5 nitrogen and oxygen atoms in total. The number of hydrogen-bond acceptors (Lipinski definition) is 3. The lowest BCUT2D eigenvalue weighted by Crippen LogP contribution is -2.66. The van der Waals surface area contributed by atoms with Crippen LogP contribution >= 0.6 is 0 Å². The zero-order valence-corrected chi connectivity index (χ0v) is 13.8. The molecule has 0 heterocycles. The minimum atomic E-state index is -0.659. The third kappa shape index (κ3) is 4.38. The van der Waals surface area contributed by atoms with E-state index >= 15 is 0 Å². The van der Waals surface area contributed by atoms with E-state index in [9.17, 15) is 9.59 Å². The van der Waals surface area contributed by atoms with Crippen molar-refractivity contribution >= 4 is 11.8 Å². The second-order valence-electron chi connectivity index (χ2n) is 6.67. The summed E-state index contributed by atoms with van der Waals surface area (Å²) in [6.45, 7) is 8.81. The highest BCUT2D eigenvalue weighted by Crippen LogP contribution is 2.39. The molecule has 0 aliphatic heterocycles. The zero-order chi connectivity index (χ0) is 16.2. The molecule has 2 atom stereocenters. The van der Waals surface area contributed by atoms with Crippen LogP contribution in [0.2, 0.25) is 0 Å². The maximum absolute atomic E-state index is 12.3. The van der Waals surface area contributed by atoms with Gasteiger partial charge in [0.1, 0.15) is 0 Å². The molecule has 0 saturated carbocycles. The average molecular weight is 298 g/mol. The number of carbonyl (C=O) groups is 2. The summed E-state index contributed by atoms with van der Waals surface area (Å²) in [6.07, 6.45) is 2.47. The second-order valence-corrected chi connectivity index (χ2v) is 6.67. The molecule has 5 heteroatoms. The molecule has 0 aromatic carbocycles. The van der Waals surface area contributed by atoms with E-state index in [1.54, 1.807) is 0 Å². The number of carbonyl (C=O) groups excluding carboxylic acids is 2. The Morgan fingerprint density at radius 1 is 1.38 bits per heavy atom. The van der Waals surface area contributed by atoms with E-state index in [1.807, 2.05) is 13.8 Å². The Kier molecular flexibility index (Phi) is 6.10. The van der Waals surface area contributed by atoms with Crippen LogP contribution in [0.5, 0.6) is 0 Å². The van der Waals surface area contributed by atoms with Gasteiger partial charge in [-0.05, 0) is 37.7 Å². The van der Waals surface area contributed by atoms with E-state index in [4.69, 9.17) is 4.74 Å². The molecule has 1 aliphatic rings. The van der Waals surface area contributed by atoms with Gasteiger partial charge in [0.25, 0.3) is 0 Å². The Morgan fingerprint density at radius 2 is 2.00 bits per heavy atom. The summed E-state index contributed by atoms with van der Waals surface area (Å²) in [5.74, 6) is -0.425. The summed E-state index contributed by atoms with van der Waals surface area (Å²) in [5.41, 5.74) is 9.32. The van der Waals surface area contributed by atoms with E-state index in [2.05, 4.69) is 25.3 Å². The van der Waals surface area contributed by atoms with Crippen molar-refractivity contribution in [2.75, 3.05) is 6.54 Å². The molecule has 120 valence electrons. The summed E-state index contributed by atoms with van der Waals surface area (Å²) in [6, 6.07) is -0.403. The van der Waals surface area contributed by atoms with Crippen molar-refractivity contribution in [2.24, 2.45) is 5.41 Å². The molecule has 0 amide bonds. The molecule has 2 unspecified atom stereocenters. The molecule has 1 aliphatic carbocycles. The predicted octanol–water partition coefficient (Wildman–Crippen LogP) is 0.256. The molecule has 0 saturated heterocycles. The van der Waals surface area contributed by atoms with Crippen LogP contribution in [0.3, 0.4) is 0 Å². The van der Waals surface area contributed by atoms with Gasteiger partial charge in [-0.15, -0.1) is 0 Å². The highest BCUT2D eigenvalue weighted by Gasteiger charge is 2.39. The zero-order valence-electron chi connectivity index (χ0n) is 13.8. The van der Waals surface area contributed by atoms with E-state index in [1.165, 1.54) is 0 Å². The fourth-order valence-electron chi connectivity index (χ4n) is 2.66. The van der Waals surface area contributed by atoms with Crippen LogP contribution in [-0.4, -0.2) is 30.4 Å². The number of esters is 1. The molecule has 21 heavy (non-hydrogen) atoms. The van der Waals surface area contributed by atoms with E-state index < -0.39 is 12.1 Å². The molecule has 0 aromatic rings. The van der Waals surface area contributed by atoms with Gasteiger partial charge >= 0.3 is 5.97 Å². The van der Waals surface area contributed by atoms with Gasteiger partial charge in [0, 0.05) is 12.8 Å². The summed E-state index contributed by atoms with van der Waals surface area (Å²) in [4.78, 5) is 24.4. The monoisotopic (exact) mass is 298 g/mol. The van der Waals surface area contributed by atoms with Crippen molar-refractivity contribution in [1.82, 2.24) is 0 Å². The molecular formula is C16H30N2O3+2. The van der Waals surface area contributed by atoms with Crippen LogP contribution in [0.1, 0.15) is 53.4 Å². The summed E-state index contributed by atoms with van der Waals surface area (Å²) in [7, 11) is 0. The number of ether oxygens (including phenoxy) is 1. The van der Waals surface area contributed by atoms with Crippen molar-refractivity contribution in [2.45, 2.75) is 65.5 Å². The van der Waals surface area contributed by atoms with Crippen LogP contribution < -0.4 is 11.5 Å². The topological polar surface area (TPSA) is 98.7 Å². The van der Waals surface area contributed by atoms with Crippen molar-refractivity contribution in [1.29, 1.82) is 0 Å². The lowest BCUT2D eigenvalue weighted by molar-refractivity contribution is -0.411. The number of unbranched alkanes of at least 4 members (excludes halogenated alkanes) is 1. The van der Waals surface area contributed by atoms with Crippen LogP contribution in [0, 0.1) is 5.41 Å². The Morgan fingerprint density at radius 3 is 2.57 bits per heavy atom. The number of quaternary nitrogens is 2. The van der Waals surface area contributed by atoms with Gasteiger partial charge in [-0.1, -0.05) is 19.4 Å². The first kappa shape index (κ1) is 17.9. The number of ketones is 1. The van der Waals surface area contributed by atoms with Crippen molar-refractivity contribution in [3.8, 4) is 0 Å². The number of Topliss-reactive ketones (excluding diaryl/α,β-unsaturated/α-hetero) is 1. The Balaban J connectivity index is 2.67. The summed E-state index contributed by atoms with van der Waals surface area (Å²) in [5, 5.41) is 0. The van der Waals surface area contributed by atoms with Gasteiger partial charge in [0.15, 0.2) is 17.9 Å². The fourth-order valence-corrected chi connectivity index (χ4v) is 2.66. The van der Waals surface area contributed by atoms with Crippen LogP contribution in [-0.2, 0) is 14.3 Å². The highest BCUT2D eigenvalue weighted by molar-refractivity contribution is 6.01. The second kappa shape index (κ2) is 7.18. The van der Waals surface area contributed by atoms with E-state index in [0.29, 0.717) is 12.8 Å². The third-order valence-electron chi connectivity index (χ3n) is 4.58. The Labute approximate surface area is 127 Å². The van der Waals surface area contributed by atoms with E-state index in [0.717, 1.165) is 30.5 Å². The third-order valence-corrected chi connectivity index (χ3v) is 4.58. The smallest absolute Gasteiger partial charge is 0.365 e. The van der Waals surface area contributed by atoms with Crippen molar-refractivity contribution in [3.05, 3.63) is 11.1 Å². The Bertz CT molecular complexity index is 441. The molecule has 6 N–H and O–H groups in total. The minimum absolute atomic E-state index is 0.0647. The van der Waals surface area contributed by atoms with Gasteiger partial charge < -0.3 is 16.2 Å². The van der Waals surface area contributed by atoms with E-state index in [-0.39, 0.29) is 17.2 Å². The first-order valence-electron chi connectivity index (χ1n) is 7.75. The van der Waals surface area contributed by atoms with Gasteiger partial charge in [-0.3, -0.25) is 4.79 Å². The van der Waals surface area contributed by atoms with Crippen molar-refractivity contribution < 1.29 is 25.8 Å². The van der Waals surface area contributed by atoms with Crippen LogP contribution in [0.4, 0.5) is 0 Å². The van der Waals surface area contributed by atoms with Crippen LogP contribution in [0.15, 0.2) is 11.1 Å². The van der Waals surface area contributed by atoms with Crippen LogP contribution in [0.25, 0.3) is 0 Å². The molecule has 0 aromatic heterocycles. The molecule has 0 spiro atoms. The SMILES string of the molecule is CC1=C(C)C(C)(C)CC(OC(=O)C([NH3+])CCCC[NH3+])C1=O. The average Bonchev–Trinajstić information content (AvgIpc) is 2.42. The fraction of sp³-hybridized carbons (Fsp3) is 0.750. The van der Waals surface area contributed by atoms with Gasteiger partial charge in [-0.2, -0.15) is 0 Å². The van der Waals surface area contributed by atoms with Crippen molar-refractivity contribution in [3.63, 3.8) is 0 Å². The number of rotatable bonds is 6. The number of allylic oxidation sites excluding steroid dienone is 1. The summed E-state index contributed by atoms with van der Waals surface area (Å²) >= 11 is 0. The maximum Gasteiger partial charge on any atom is 0.365 e. The lowest BCUT2D eigenvalue weighted by atomic mass is 9.72. The standard InChI is InChI=1S/C16H28N2O3/c1-10-11(2)16(3,4)9-13(14(10)19)21-15(20)12(18)7-5-6-8-17/h12-13H,5-9,17-18H2,1-4H3/p+2. The lowest BCUT2D eigenvalue weighted by Gasteiger charge is -2.36. The highest BCUT2D eigenvalue weighted by atomic mass is 16.5. The Hall–Kier alpha value is -1.20. The normalized spacial score (nSPS) is 23.1. The molecule has 1 rings (SSSR count). The van der Waals surface area contributed by atoms with Gasteiger partial charge in [-0.25, -0.2) is 4.79 Å². The quantitative estimate of drug-likeness (QED) is 0.543. The molecule has 0 bridgehead atoms. The minimum Gasteiger partial charge on any atom is -0.450 e. The first-order chi connectivity index (χ1) is 9.70. The molecule has 0 fully saturated rings. The largest absolute Gasteiger partial charge is 0.450 e. The first-order valence-corrected chi connectivity index (χ1v) is 7.75. The summed E-state index contributed by atoms with van der Waals surface area (Å²) < 4.78 is 5.45. The molecule has 0 radical (unpaired) electrons. The predicted molar refractivity (Wildman–Crippen MR) is 79.9 cm³/mol. The maximum atomic E-state index is 12.3. The number of hydrogen-bond donors (Lipinski definition) is 2. The van der Waals surface area contributed by atoms with Gasteiger partial charge in [0.05, 0.1) is 6.54 Å².